The van der Waals surface area contributed by atoms with Crippen LogP contribution in [0.3, 0.4) is 0 Å². The van der Waals surface area contributed by atoms with Crippen LogP contribution in [-0.4, -0.2) is 98.6 Å². The average molecular weight is 718 g/mol. The number of pyridine rings is 3. The molecule has 5 amide bonds. The van der Waals surface area contributed by atoms with Crippen molar-refractivity contribution in [3.63, 3.8) is 0 Å². The molecule has 3 aromatic heterocycles. The van der Waals surface area contributed by atoms with Gasteiger partial charge in [-0.15, -0.1) is 0 Å². The van der Waals surface area contributed by atoms with Crippen LogP contribution in [0.15, 0.2) is 59.7 Å². The molecule has 15 nitrogen and oxygen atoms in total. The number of aromatic amines is 1. The van der Waals surface area contributed by atoms with Crippen LogP contribution in [0.1, 0.15) is 74.9 Å². The monoisotopic (exact) mass is 717 g/mol. The van der Waals surface area contributed by atoms with Crippen LogP contribution in [0.2, 0.25) is 0 Å². The zero-order valence-corrected chi connectivity index (χ0v) is 29.2. The average Bonchev–Trinajstić information content (AvgIpc) is 3.40. The van der Waals surface area contributed by atoms with Crippen molar-refractivity contribution in [1.29, 1.82) is 0 Å². The molecule has 1 atom stereocenters. The minimum absolute atomic E-state index is 0.0381. The highest BCUT2D eigenvalue weighted by Crippen LogP contribution is 2.34. The van der Waals surface area contributed by atoms with Gasteiger partial charge in [-0.25, -0.2) is 4.98 Å². The van der Waals surface area contributed by atoms with E-state index >= 15 is 0 Å². The third-order valence-corrected chi connectivity index (χ3v) is 10.6. The Hall–Kier alpha value is -5.96. The number of benzene rings is 1. The molecular weight excluding hydrogens is 678 g/mol. The Morgan fingerprint density at radius 3 is 2.47 bits per heavy atom. The van der Waals surface area contributed by atoms with Gasteiger partial charge in [-0.2, -0.15) is 0 Å². The molecule has 4 aromatic rings. The molecule has 15 heteroatoms. The zero-order chi connectivity index (χ0) is 36.8. The zero-order valence-electron chi connectivity index (χ0n) is 29.2. The van der Waals surface area contributed by atoms with E-state index in [-0.39, 0.29) is 47.5 Å². The second-order valence-electron chi connectivity index (χ2n) is 14.1. The van der Waals surface area contributed by atoms with Crippen molar-refractivity contribution in [1.82, 2.24) is 35.4 Å². The van der Waals surface area contributed by atoms with E-state index in [1.807, 2.05) is 31.3 Å². The predicted molar refractivity (Wildman–Crippen MR) is 194 cm³/mol. The Morgan fingerprint density at radius 1 is 0.925 bits per heavy atom. The molecule has 1 aliphatic carbocycles. The van der Waals surface area contributed by atoms with Gasteiger partial charge in [0.2, 0.25) is 11.8 Å². The molecule has 3 fully saturated rings. The number of amides is 5. The van der Waals surface area contributed by atoms with Crippen molar-refractivity contribution in [3.8, 4) is 0 Å². The van der Waals surface area contributed by atoms with E-state index in [1.165, 1.54) is 0 Å². The fourth-order valence-electron chi connectivity index (χ4n) is 7.61. The van der Waals surface area contributed by atoms with Crippen molar-refractivity contribution < 1.29 is 24.0 Å². The highest BCUT2D eigenvalue weighted by Gasteiger charge is 2.46. The van der Waals surface area contributed by atoms with Crippen LogP contribution < -0.4 is 26.4 Å². The van der Waals surface area contributed by atoms with Crippen LogP contribution in [0.4, 0.5) is 11.4 Å². The fourth-order valence-corrected chi connectivity index (χ4v) is 7.61. The molecule has 0 bridgehead atoms. The summed E-state index contributed by atoms with van der Waals surface area (Å²) >= 11 is 0. The summed E-state index contributed by atoms with van der Waals surface area (Å²) in [6, 6.07) is 11.3. The number of aryl methyl sites for hydroxylation is 1. The number of nitrogens with one attached hydrogen (secondary N) is 4. The number of piperazine rings is 1. The van der Waals surface area contributed by atoms with Gasteiger partial charge >= 0.3 is 0 Å². The Labute approximate surface area is 304 Å². The Morgan fingerprint density at radius 2 is 1.74 bits per heavy atom. The summed E-state index contributed by atoms with van der Waals surface area (Å²) in [5, 5.41) is 8.59. The SMILES string of the molecule is CCc1cc2ncc(CN3CCN(c4ccc(C(=O)NC5CC(Nc6cccc7c6C(=O)N(C6CCC(=O)NC6=O)C7=O)C5)nc4)CC3)cc2[nH]c1=O. The van der Waals surface area contributed by atoms with Crippen LogP contribution >= 0.6 is 0 Å². The summed E-state index contributed by atoms with van der Waals surface area (Å²) in [7, 11) is 0. The van der Waals surface area contributed by atoms with Gasteiger partial charge in [-0.3, -0.25) is 48.9 Å². The molecule has 53 heavy (non-hydrogen) atoms. The van der Waals surface area contributed by atoms with Gasteiger partial charge in [-0.1, -0.05) is 13.0 Å². The molecule has 6 heterocycles. The third kappa shape index (κ3) is 6.63. The topological polar surface area (TPSA) is 190 Å². The molecule has 0 radical (unpaired) electrons. The quantitative estimate of drug-likeness (QED) is 0.185. The Balaban J connectivity index is 0.808. The number of carbonyl (C=O) groups excluding carboxylic acids is 5. The molecule has 2 saturated heterocycles. The van der Waals surface area contributed by atoms with Crippen molar-refractivity contribution >= 4 is 51.9 Å². The van der Waals surface area contributed by atoms with Gasteiger partial charge in [0.05, 0.1) is 34.0 Å². The Bertz CT molecular complexity index is 2210. The maximum absolute atomic E-state index is 13.4. The first-order chi connectivity index (χ1) is 25.6. The number of hydrogen-bond acceptors (Lipinski definition) is 11. The number of carbonyl (C=O) groups is 5. The maximum atomic E-state index is 13.4. The normalized spacial score (nSPS) is 21.7. The Kier molecular flexibility index (Phi) is 8.94. The van der Waals surface area contributed by atoms with E-state index in [0.717, 1.165) is 65.5 Å². The number of piperidine rings is 1. The minimum Gasteiger partial charge on any atom is -0.381 e. The summed E-state index contributed by atoms with van der Waals surface area (Å²) in [5.74, 6) is -2.45. The van der Waals surface area contributed by atoms with Gasteiger partial charge in [0.15, 0.2) is 0 Å². The summed E-state index contributed by atoms with van der Waals surface area (Å²) in [6.07, 6.45) is 5.65. The van der Waals surface area contributed by atoms with E-state index < -0.39 is 29.7 Å². The number of nitrogens with zero attached hydrogens (tertiary/aromatic N) is 5. The second-order valence-corrected chi connectivity index (χ2v) is 14.1. The lowest BCUT2D eigenvalue weighted by Gasteiger charge is -2.37. The highest BCUT2D eigenvalue weighted by molar-refractivity contribution is 6.25. The molecule has 8 rings (SSSR count). The molecule has 1 unspecified atom stereocenters. The van der Waals surface area contributed by atoms with E-state index in [2.05, 4.69) is 40.7 Å². The first-order valence-electron chi connectivity index (χ1n) is 18.0. The minimum atomic E-state index is -1.03. The number of hydrogen-bond donors (Lipinski definition) is 4. The molecule has 4 N–H and O–H groups in total. The van der Waals surface area contributed by atoms with Gasteiger partial charge in [0.25, 0.3) is 23.3 Å². The second kappa shape index (κ2) is 13.9. The largest absolute Gasteiger partial charge is 0.381 e. The molecule has 272 valence electrons. The first kappa shape index (κ1) is 34.1. The van der Waals surface area contributed by atoms with E-state index in [4.69, 9.17) is 0 Å². The van der Waals surface area contributed by atoms with E-state index in [1.54, 1.807) is 30.5 Å². The maximum Gasteiger partial charge on any atom is 0.270 e. The lowest BCUT2D eigenvalue weighted by atomic mass is 9.86. The van der Waals surface area contributed by atoms with Crippen molar-refractivity contribution in [3.05, 3.63) is 93.2 Å². The van der Waals surface area contributed by atoms with Gasteiger partial charge in [0.1, 0.15) is 11.7 Å². The number of H-pyrrole nitrogens is 1. The number of aromatic nitrogens is 3. The van der Waals surface area contributed by atoms with Crippen molar-refractivity contribution in [2.24, 2.45) is 0 Å². The smallest absolute Gasteiger partial charge is 0.270 e. The number of anilines is 2. The number of fused-ring (bicyclic) bond motifs is 2. The highest BCUT2D eigenvalue weighted by atomic mass is 16.2. The van der Waals surface area contributed by atoms with E-state index in [9.17, 15) is 28.8 Å². The molecular formula is C38H39N9O6. The summed E-state index contributed by atoms with van der Waals surface area (Å²) in [4.78, 5) is 93.4. The van der Waals surface area contributed by atoms with Crippen LogP contribution in [-0.2, 0) is 22.6 Å². The molecule has 0 spiro atoms. The molecule has 1 aromatic carbocycles. The molecule has 1 saturated carbocycles. The van der Waals surface area contributed by atoms with Crippen LogP contribution in [0, 0.1) is 0 Å². The summed E-state index contributed by atoms with van der Waals surface area (Å²) in [6.45, 7) is 5.99. The van der Waals surface area contributed by atoms with Gasteiger partial charge in [0, 0.05) is 68.7 Å². The van der Waals surface area contributed by atoms with Crippen molar-refractivity contribution in [2.75, 3.05) is 36.4 Å². The van der Waals surface area contributed by atoms with Gasteiger partial charge < -0.3 is 20.5 Å². The molecule has 4 aliphatic rings. The third-order valence-electron chi connectivity index (χ3n) is 10.6. The van der Waals surface area contributed by atoms with Crippen LogP contribution in [0.5, 0.6) is 0 Å². The lowest BCUT2D eigenvalue weighted by molar-refractivity contribution is -0.136. The van der Waals surface area contributed by atoms with Crippen molar-refractivity contribution in [2.45, 2.75) is 63.7 Å². The lowest BCUT2D eigenvalue weighted by Crippen LogP contribution is -2.54. The number of rotatable bonds is 9. The standard InChI is InChI=1S/C38H39N9O6/c1-2-22-15-29-30(43-34(22)49)14-21(18-39-29)20-45-10-12-46(13-11-45)25-6-7-28(40-19-25)35(50)42-24-16-23(17-24)41-27-5-3-4-26-33(27)38(53)47(37(26)52)31-8-9-32(48)44-36(31)51/h3-7,14-15,18-19,23-24,31,41H,2,8-13,16-17,20H2,1H3,(H,42,50)(H,43,49)(H,44,48,51). The summed E-state index contributed by atoms with van der Waals surface area (Å²) < 4.78 is 0. The molecule has 3 aliphatic heterocycles. The van der Waals surface area contributed by atoms with Gasteiger partial charge in [-0.05, 0) is 67.6 Å². The predicted octanol–water partition coefficient (Wildman–Crippen LogP) is 1.98. The summed E-state index contributed by atoms with van der Waals surface area (Å²) in [5.41, 5.74) is 5.46. The first-order valence-corrected chi connectivity index (χ1v) is 18.0. The fraction of sp³-hybridized carbons (Fsp3) is 0.368. The number of imide groups is 2. The van der Waals surface area contributed by atoms with E-state index in [0.29, 0.717) is 30.6 Å². The van der Waals surface area contributed by atoms with Crippen LogP contribution in [0.25, 0.3) is 11.0 Å².